The third kappa shape index (κ3) is 5.51. The molecule has 6 nitrogen and oxygen atoms in total. The van der Waals surface area contributed by atoms with Crippen LogP contribution in [0, 0.1) is 6.92 Å². The Kier molecular flexibility index (Phi) is 6.38. The maximum Gasteiger partial charge on any atom is 0.416 e. The van der Waals surface area contributed by atoms with E-state index in [-0.39, 0.29) is 0 Å². The Labute approximate surface area is 201 Å². The summed E-state index contributed by atoms with van der Waals surface area (Å²) in [5, 5.41) is 10.6. The second kappa shape index (κ2) is 9.14. The Hall–Kier alpha value is -3.72. The van der Waals surface area contributed by atoms with Gasteiger partial charge in [-0.3, -0.25) is 0 Å². The Morgan fingerprint density at radius 3 is 2.29 bits per heavy atom. The first kappa shape index (κ1) is 24.4. The molecular formula is C26H25F3N4O2. The highest BCUT2D eigenvalue weighted by molar-refractivity contribution is 5.60. The third-order valence-corrected chi connectivity index (χ3v) is 5.50. The van der Waals surface area contributed by atoms with Crippen molar-refractivity contribution < 1.29 is 23.0 Å². The smallest absolute Gasteiger partial charge is 0.416 e. The van der Waals surface area contributed by atoms with Gasteiger partial charge in [0.15, 0.2) is 0 Å². The second-order valence-corrected chi connectivity index (χ2v) is 8.79. The zero-order valence-electron chi connectivity index (χ0n) is 19.8. The fourth-order valence-electron chi connectivity index (χ4n) is 3.65. The normalized spacial score (nSPS) is 12.1. The number of ether oxygens (including phenoxy) is 1. The van der Waals surface area contributed by atoms with E-state index in [2.05, 4.69) is 15.0 Å². The number of benzene rings is 2. The lowest BCUT2D eigenvalue weighted by Crippen LogP contribution is -2.19. The molecule has 0 bridgehead atoms. The molecule has 2 heterocycles. The zero-order chi connectivity index (χ0) is 25.4. The minimum absolute atomic E-state index is 0.331. The largest absolute Gasteiger partial charge is 0.495 e. The minimum Gasteiger partial charge on any atom is -0.495 e. The standard InChI is InChI=1S/C26H25F3N4O2/c1-16-14-33(15-30-16)21-10-5-17(11-22(21)35-4)12-24-31-20(13-23(32-24)25(2,3)34)18-6-8-19(9-7-18)26(27,28)29/h5-11,13-15,34H,12H2,1-4H3. The third-order valence-electron chi connectivity index (χ3n) is 5.50. The van der Waals surface area contributed by atoms with E-state index in [1.807, 2.05) is 35.9 Å². The van der Waals surface area contributed by atoms with Gasteiger partial charge in [-0.05, 0) is 56.7 Å². The number of halogens is 3. The molecule has 0 radical (unpaired) electrons. The summed E-state index contributed by atoms with van der Waals surface area (Å²) in [7, 11) is 1.58. The summed E-state index contributed by atoms with van der Waals surface area (Å²) < 4.78 is 46.4. The van der Waals surface area contributed by atoms with Gasteiger partial charge in [0.1, 0.15) is 17.2 Å². The van der Waals surface area contributed by atoms with E-state index < -0.39 is 17.3 Å². The van der Waals surface area contributed by atoms with Gasteiger partial charge in [-0.1, -0.05) is 18.2 Å². The number of rotatable bonds is 6. The van der Waals surface area contributed by atoms with Crippen LogP contribution in [-0.4, -0.2) is 31.7 Å². The lowest BCUT2D eigenvalue weighted by Gasteiger charge is -2.19. The summed E-state index contributed by atoms with van der Waals surface area (Å²) in [5.41, 5.74) is 1.87. The van der Waals surface area contributed by atoms with E-state index in [1.165, 1.54) is 12.1 Å². The van der Waals surface area contributed by atoms with Gasteiger partial charge in [0, 0.05) is 18.2 Å². The molecule has 2 aromatic heterocycles. The van der Waals surface area contributed by atoms with Crippen molar-refractivity contribution in [1.82, 2.24) is 19.5 Å². The van der Waals surface area contributed by atoms with Crippen LogP contribution in [0.5, 0.6) is 5.75 Å². The van der Waals surface area contributed by atoms with Gasteiger partial charge in [-0.25, -0.2) is 15.0 Å². The number of hydrogen-bond acceptors (Lipinski definition) is 5. The molecule has 0 saturated heterocycles. The van der Waals surface area contributed by atoms with Gasteiger partial charge in [0.2, 0.25) is 0 Å². The van der Waals surface area contributed by atoms with E-state index in [9.17, 15) is 18.3 Å². The van der Waals surface area contributed by atoms with Gasteiger partial charge < -0.3 is 14.4 Å². The molecule has 0 aliphatic rings. The zero-order valence-corrected chi connectivity index (χ0v) is 19.8. The lowest BCUT2D eigenvalue weighted by atomic mass is 10.0. The molecule has 0 aliphatic carbocycles. The SMILES string of the molecule is COc1cc(Cc2nc(-c3ccc(C(F)(F)F)cc3)cc(C(C)(C)O)n2)ccc1-n1cnc(C)c1. The van der Waals surface area contributed by atoms with E-state index in [1.54, 1.807) is 33.4 Å². The summed E-state index contributed by atoms with van der Waals surface area (Å²) in [6.07, 6.45) is -0.492. The molecule has 0 fully saturated rings. The highest BCUT2D eigenvalue weighted by Gasteiger charge is 2.30. The molecule has 35 heavy (non-hydrogen) atoms. The number of nitrogens with zero attached hydrogens (tertiary/aromatic N) is 4. The van der Waals surface area contributed by atoms with Gasteiger partial charge in [0.05, 0.1) is 41.8 Å². The number of methoxy groups -OCH3 is 1. The van der Waals surface area contributed by atoms with Gasteiger partial charge >= 0.3 is 6.18 Å². The Morgan fingerprint density at radius 2 is 1.71 bits per heavy atom. The quantitative estimate of drug-likeness (QED) is 0.394. The highest BCUT2D eigenvalue weighted by atomic mass is 19.4. The first-order valence-corrected chi connectivity index (χ1v) is 10.9. The number of aliphatic hydroxyl groups is 1. The van der Waals surface area contributed by atoms with E-state index in [0.717, 1.165) is 29.1 Å². The predicted molar refractivity (Wildman–Crippen MR) is 125 cm³/mol. The lowest BCUT2D eigenvalue weighted by molar-refractivity contribution is -0.137. The Bertz CT molecular complexity index is 1340. The molecule has 0 amide bonds. The van der Waals surface area contributed by atoms with Crippen molar-refractivity contribution in [2.45, 2.75) is 39.0 Å². The van der Waals surface area contributed by atoms with Crippen molar-refractivity contribution in [2.75, 3.05) is 7.11 Å². The summed E-state index contributed by atoms with van der Waals surface area (Å²) in [6.45, 7) is 5.10. The van der Waals surface area contributed by atoms with E-state index in [0.29, 0.717) is 34.9 Å². The summed E-state index contributed by atoms with van der Waals surface area (Å²) in [5.74, 6) is 1.06. The van der Waals surface area contributed by atoms with Crippen molar-refractivity contribution in [3.63, 3.8) is 0 Å². The van der Waals surface area contributed by atoms with Gasteiger partial charge in [0.25, 0.3) is 0 Å². The van der Waals surface area contributed by atoms with Crippen molar-refractivity contribution >= 4 is 0 Å². The molecule has 0 unspecified atom stereocenters. The molecule has 0 saturated carbocycles. The first-order valence-electron chi connectivity index (χ1n) is 10.9. The van der Waals surface area contributed by atoms with Crippen molar-refractivity contribution in [2.24, 2.45) is 0 Å². The molecule has 9 heteroatoms. The van der Waals surface area contributed by atoms with Gasteiger partial charge in [-0.15, -0.1) is 0 Å². The topological polar surface area (TPSA) is 73.1 Å². The molecule has 0 aliphatic heterocycles. The maximum atomic E-state index is 13.0. The van der Waals surface area contributed by atoms with E-state index >= 15 is 0 Å². The molecule has 1 N–H and O–H groups in total. The van der Waals surface area contributed by atoms with E-state index in [4.69, 9.17) is 4.74 Å². The first-order chi connectivity index (χ1) is 16.4. The number of aryl methyl sites for hydroxylation is 1. The Morgan fingerprint density at radius 1 is 1.00 bits per heavy atom. The predicted octanol–water partition coefficient (Wildman–Crippen LogP) is 5.48. The number of imidazole rings is 1. The summed E-state index contributed by atoms with van der Waals surface area (Å²) >= 11 is 0. The molecule has 0 atom stereocenters. The van der Waals surface area contributed by atoms with Crippen LogP contribution in [0.15, 0.2) is 61.1 Å². The fourth-order valence-corrected chi connectivity index (χ4v) is 3.65. The summed E-state index contributed by atoms with van der Waals surface area (Å²) in [4.78, 5) is 13.4. The van der Waals surface area contributed by atoms with Gasteiger partial charge in [-0.2, -0.15) is 13.2 Å². The number of aromatic nitrogens is 4. The number of hydrogen-bond donors (Lipinski definition) is 1. The average molecular weight is 483 g/mol. The van der Waals surface area contributed by atoms with Crippen LogP contribution in [0.3, 0.4) is 0 Å². The van der Waals surface area contributed by atoms with Crippen molar-refractivity contribution in [3.05, 3.63) is 89.4 Å². The second-order valence-electron chi connectivity index (χ2n) is 8.79. The fraction of sp³-hybridized carbons (Fsp3) is 0.269. The molecular weight excluding hydrogens is 457 g/mol. The molecule has 0 spiro atoms. The molecule has 4 rings (SSSR count). The van der Waals surface area contributed by atoms with Crippen LogP contribution in [0.1, 0.15) is 42.2 Å². The van der Waals surface area contributed by atoms with Crippen LogP contribution in [0.2, 0.25) is 0 Å². The summed E-state index contributed by atoms with van der Waals surface area (Å²) in [6, 6.07) is 12.1. The van der Waals surface area contributed by atoms with Crippen LogP contribution < -0.4 is 4.74 Å². The molecule has 182 valence electrons. The van der Waals surface area contributed by atoms with Crippen molar-refractivity contribution in [1.29, 1.82) is 0 Å². The van der Waals surface area contributed by atoms with Crippen molar-refractivity contribution in [3.8, 4) is 22.7 Å². The number of alkyl halides is 3. The van der Waals surface area contributed by atoms with Crippen LogP contribution >= 0.6 is 0 Å². The Balaban J connectivity index is 1.70. The maximum absolute atomic E-state index is 13.0. The monoisotopic (exact) mass is 482 g/mol. The highest BCUT2D eigenvalue weighted by Crippen LogP contribution is 2.32. The van der Waals surface area contributed by atoms with Crippen LogP contribution in [-0.2, 0) is 18.2 Å². The minimum atomic E-state index is -4.42. The molecule has 2 aromatic carbocycles. The van der Waals surface area contributed by atoms with Crippen LogP contribution in [0.25, 0.3) is 16.9 Å². The molecule has 4 aromatic rings. The van der Waals surface area contributed by atoms with Crippen LogP contribution in [0.4, 0.5) is 13.2 Å². The average Bonchev–Trinajstić information content (AvgIpc) is 3.23.